The average molecular weight is 441 g/mol. The Kier molecular flexibility index (Phi) is 5.39. The topological polar surface area (TPSA) is 90.5 Å². The fourth-order valence-corrected chi connectivity index (χ4v) is 4.17. The summed E-state index contributed by atoms with van der Waals surface area (Å²) in [6, 6.07) is 11.8. The van der Waals surface area contributed by atoms with Gasteiger partial charge in [0.15, 0.2) is 0 Å². The maximum Gasteiger partial charge on any atom is 0.410 e. The molecule has 0 radical (unpaired) electrons. The minimum absolute atomic E-state index is 0.299. The number of hydrogen-bond acceptors (Lipinski definition) is 5. The number of hydrogen-bond donors (Lipinski definition) is 1. The quantitative estimate of drug-likeness (QED) is 0.583. The number of rotatable bonds is 2. The first kappa shape index (κ1) is 21.2. The molecule has 1 atom stereocenters. The SMILES string of the molecule is CC(C)(C)OC(=O)N1CCC[C@H]1c1nc2cccc(Cl)c2c(=O)n1-c1cccc(N)c1. The molecule has 0 aliphatic carbocycles. The summed E-state index contributed by atoms with van der Waals surface area (Å²) in [5.41, 5.74) is 6.65. The van der Waals surface area contributed by atoms with E-state index < -0.39 is 17.7 Å². The number of ether oxygens (including phenoxy) is 1. The second-order valence-electron chi connectivity index (χ2n) is 8.67. The van der Waals surface area contributed by atoms with Crippen LogP contribution >= 0.6 is 11.6 Å². The molecule has 1 aromatic heterocycles. The van der Waals surface area contributed by atoms with E-state index in [0.29, 0.717) is 46.1 Å². The first-order valence-electron chi connectivity index (χ1n) is 10.2. The van der Waals surface area contributed by atoms with Gasteiger partial charge < -0.3 is 10.5 Å². The molecule has 1 aliphatic rings. The molecule has 0 spiro atoms. The highest BCUT2D eigenvalue weighted by molar-refractivity contribution is 6.35. The molecule has 4 rings (SSSR count). The zero-order valence-corrected chi connectivity index (χ0v) is 18.5. The molecule has 7 nitrogen and oxygen atoms in total. The van der Waals surface area contributed by atoms with Crippen LogP contribution in [0, 0.1) is 0 Å². The summed E-state index contributed by atoms with van der Waals surface area (Å²) in [6.07, 6.45) is 1.03. The highest BCUT2D eigenvalue weighted by Crippen LogP contribution is 2.34. The minimum atomic E-state index is -0.623. The number of nitrogens with zero attached hydrogens (tertiary/aromatic N) is 3. The zero-order valence-electron chi connectivity index (χ0n) is 17.8. The number of nitrogens with two attached hydrogens (primary N) is 1. The summed E-state index contributed by atoms with van der Waals surface area (Å²) >= 11 is 6.35. The van der Waals surface area contributed by atoms with Crippen LogP contribution in [0.15, 0.2) is 47.3 Å². The monoisotopic (exact) mass is 440 g/mol. The lowest BCUT2D eigenvalue weighted by Crippen LogP contribution is -2.38. The average Bonchev–Trinajstić information content (AvgIpc) is 3.16. The van der Waals surface area contributed by atoms with Crippen LogP contribution in [0.5, 0.6) is 0 Å². The molecular weight excluding hydrogens is 416 g/mol. The third-order valence-corrected chi connectivity index (χ3v) is 5.49. The summed E-state index contributed by atoms with van der Waals surface area (Å²) < 4.78 is 7.12. The number of carbonyl (C=O) groups is 1. The number of carbonyl (C=O) groups excluding carboxylic acids is 1. The van der Waals surface area contributed by atoms with E-state index in [1.54, 1.807) is 47.4 Å². The van der Waals surface area contributed by atoms with Crippen LogP contribution in [-0.4, -0.2) is 32.7 Å². The van der Waals surface area contributed by atoms with Gasteiger partial charge in [-0.05, 0) is 63.9 Å². The number of nitrogen functional groups attached to an aromatic ring is 1. The van der Waals surface area contributed by atoms with E-state index in [0.717, 1.165) is 6.42 Å². The third-order valence-electron chi connectivity index (χ3n) is 5.18. The fourth-order valence-electron chi connectivity index (χ4n) is 3.92. The van der Waals surface area contributed by atoms with E-state index in [-0.39, 0.29) is 5.56 Å². The lowest BCUT2D eigenvalue weighted by molar-refractivity contribution is 0.0216. The van der Waals surface area contributed by atoms with Crippen molar-refractivity contribution >= 4 is 34.3 Å². The lowest BCUT2D eigenvalue weighted by atomic mass is 10.1. The molecule has 1 amide bonds. The van der Waals surface area contributed by atoms with Gasteiger partial charge in [-0.25, -0.2) is 9.78 Å². The summed E-state index contributed by atoms with van der Waals surface area (Å²) in [6.45, 7) is 6.01. The van der Waals surface area contributed by atoms with Gasteiger partial charge in [0.2, 0.25) is 0 Å². The number of benzene rings is 2. The van der Waals surface area contributed by atoms with Crippen LogP contribution in [-0.2, 0) is 4.74 Å². The van der Waals surface area contributed by atoms with Crippen molar-refractivity contribution in [2.75, 3.05) is 12.3 Å². The molecule has 8 heteroatoms. The van der Waals surface area contributed by atoms with E-state index in [1.807, 2.05) is 20.8 Å². The lowest BCUT2D eigenvalue weighted by Gasteiger charge is -2.29. The molecule has 1 fully saturated rings. The van der Waals surface area contributed by atoms with Crippen molar-refractivity contribution in [2.24, 2.45) is 0 Å². The number of aromatic nitrogens is 2. The van der Waals surface area contributed by atoms with Crippen molar-refractivity contribution in [1.82, 2.24) is 14.5 Å². The van der Waals surface area contributed by atoms with Crippen LogP contribution in [0.2, 0.25) is 5.02 Å². The summed E-state index contributed by atoms with van der Waals surface area (Å²) in [5.74, 6) is 0.466. The first-order valence-corrected chi connectivity index (χ1v) is 10.6. The third kappa shape index (κ3) is 4.10. The van der Waals surface area contributed by atoms with Crippen LogP contribution in [0.1, 0.15) is 45.5 Å². The Hall–Kier alpha value is -3.06. The molecule has 3 aromatic rings. The van der Waals surface area contributed by atoms with Gasteiger partial charge in [0.25, 0.3) is 5.56 Å². The maximum atomic E-state index is 13.6. The van der Waals surface area contributed by atoms with Gasteiger partial charge in [-0.2, -0.15) is 0 Å². The van der Waals surface area contributed by atoms with Crippen molar-refractivity contribution in [3.05, 3.63) is 63.7 Å². The minimum Gasteiger partial charge on any atom is -0.444 e. The van der Waals surface area contributed by atoms with Gasteiger partial charge in [-0.3, -0.25) is 14.3 Å². The molecule has 2 aromatic carbocycles. The highest BCUT2D eigenvalue weighted by Gasteiger charge is 2.36. The smallest absolute Gasteiger partial charge is 0.410 e. The maximum absolute atomic E-state index is 13.6. The van der Waals surface area contributed by atoms with E-state index in [2.05, 4.69) is 0 Å². The molecule has 1 aliphatic heterocycles. The standard InChI is InChI=1S/C23H25ClN4O3/c1-23(2,3)31-22(30)27-12-6-11-18(27)20-26-17-10-5-9-16(24)19(17)21(29)28(20)15-8-4-7-14(25)13-15/h4-5,7-10,13,18H,6,11-12,25H2,1-3H3/t18-/m0/s1. The number of anilines is 1. The Labute approximate surface area is 185 Å². The molecule has 2 N–H and O–H groups in total. The van der Waals surface area contributed by atoms with Crippen molar-refractivity contribution in [3.63, 3.8) is 0 Å². The van der Waals surface area contributed by atoms with E-state index in [4.69, 9.17) is 27.1 Å². The molecule has 1 saturated heterocycles. The predicted octanol–water partition coefficient (Wildman–Crippen LogP) is 4.69. The molecular formula is C23H25ClN4O3. The Bertz CT molecular complexity index is 1220. The Morgan fingerprint density at radius 3 is 2.68 bits per heavy atom. The van der Waals surface area contributed by atoms with Crippen molar-refractivity contribution < 1.29 is 9.53 Å². The Morgan fingerprint density at radius 1 is 1.23 bits per heavy atom. The highest BCUT2D eigenvalue weighted by atomic mass is 35.5. The van der Waals surface area contributed by atoms with Gasteiger partial charge in [-0.1, -0.05) is 23.7 Å². The first-order chi connectivity index (χ1) is 14.7. The van der Waals surface area contributed by atoms with E-state index in [9.17, 15) is 9.59 Å². The van der Waals surface area contributed by atoms with Crippen molar-refractivity contribution in [2.45, 2.75) is 45.3 Å². The zero-order chi connectivity index (χ0) is 22.3. The molecule has 2 heterocycles. The summed E-state index contributed by atoms with van der Waals surface area (Å²) in [4.78, 5) is 33.0. The van der Waals surface area contributed by atoms with Gasteiger partial charge in [-0.15, -0.1) is 0 Å². The van der Waals surface area contributed by atoms with Gasteiger partial charge in [0.1, 0.15) is 11.4 Å². The van der Waals surface area contributed by atoms with Crippen LogP contribution in [0.4, 0.5) is 10.5 Å². The second kappa shape index (κ2) is 7.89. The molecule has 0 bridgehead atoms. The molecule has 0 unspecified atom stereocenters. The molecule has 162 valence electrons. The summed E-state index contributed by atoms with van der Waals surface area (Å²) in [7, 11) is 0. The second-order valence-corrected chi connectivity index (χ2v) is 9.08. The van der Waals surface area contributed by atoms with E-state index in [1.165, 1.54) is 4.57 Å². The largest absolute Gasteiger partial charge is 0.444 e. The van der Waals surface area contributed by atoms with Crippen LogP contribution in [0.3, 0.4) is 0 Å². The predicted molar refractivity (Wildman–Crippen MR) is 122 cm³/mol. The Balaban J connectivity index is 1.93. The van der Waals surface area contributed by atoms with Gasteiger partial charge in [0.05, 0.1) is 27.7 Å². The number of likely N-dealkylation sites (tertiary alicyclic amines) is 1. The van der Waals surface area contributed by atoms with Gasteiger partial charge in [0, 0.05) is 12.2 Å². The van der Waals surface area contributed by atoms with E-state index >= 15 is 0 Å². The van der Waals surface area contributed by atoms with Crippen molar-refractivity contribution in [1.29, 1.82) is 0 Å². The van der Waals surface area contributed by atoms with Crippen LogP contribution in [0.25, 0.3) is 16.6 Å². The van der Waals surface area contributed by atoms with Crippen molar-refractivity contribution in [3.8, 4) is 5.69 Å². The number of amides is 1. The molecule has 0 saturated carbocycles. The number of fused-ring (bicyclic) bond motifs is 1. The van der Waals surface area contributed by atoms with Gasteiger partial charge >= 0.3 is 6.09 Å². The van der Waals surface area contributed by atoms with Crippen LogP contribution < -0.4 is 11.3 Å². The number of halogens is 1. The normalized spacial score (nSPS) is 16.6. The summed E-state index contributed by atoms with van der Waals surface area (Å²) in [5, 5.41) is 0.659. The Morgan fingerprint density at radius 2 is 1.97 bits per heavy atom. The fraction of sp³-hybridized carbons (Fsp3) is 0.348. The molecule has 31 heavy (non-hydrogen) atoms.